The molecule has 1 heterocycles. The Morgan fingerprint density at radius 3 is 2.72 bits per heavy atom. The van der Waals surface area contributed by atoms with Crippen LogP contribution in [0.4, 0.5) is 11.4 Å². The SMILES string of the molecule is O=C(N=Nc1c(O)[nH]c2ccc(Br)cc12)c1cccc([N+](=O)[O-])c1O. The van der Waals surface area contributed by atoms with E-state index in [4.69, 9.17) is 0 Å². The molecule has 3 rings (SSSR count). The molecule has 0 saturated heterocycles. The molecule has 1 amide bonds. The molecule has 0 radical (unpaired) electrons. The summed E-state index contributed by atoms with van der Waals surface area (Å²) in [5, 5.41) is 38.2. The molecule has 0 bridgehead atoms. The molecule has 0 saturated carbocycles. The molecule has 0 aliphatic carbocycles. The minimum absolute atomic E-state index is 0.0366. The zero-order valence-corrected chi connectivity index (χ0v) is 13.9. The largest absolute Gasteiger partial charge is 0.502 e. The van der Waals surface area contributed by atoms with E-state index >= 15 is 0 Å². The Bertz CT molecular complexity index is 1040. The third kappa shape index (κ3) is 3.06. The summed E-state index contributed by atoms with van der Waals surface area (Å²) in [6.45, 7) is 0. The van der Waals surface area contributed by atoms with Gasteiger partial charge in [-0.1, -0.05) is 22.0 Å². The lowest BCUT2D eigenvalue weighted by atomic mass is 10.1. The first kappa shape index (κ1) is 16.6. The number of nitrogens with zero attached hydrogens (tertiary/aromatic N) is 3. The lowest BCUT2D eigenvalue weighted by Crippen LogP contribution is -1.97. The molecule has 25 heavy (non-hydrogen) atoms. The lowest BCUT2D eigenvalue weighted by Gasteiger charge is -2.00. The summed E-state index contributed by atoms with van der Waals surface area (Å²) in [4.78, 5) is 24.8. The second-order valence-corrected chi connectivity index (χ2v) is 5.86. The van der Waals surface area contributed by atoms with Crippen molar-refractivity contribution < 1.29 is 19.9 Å². The number of fused-ring (bicyclic) bond motifs is 1. The number of nitrogens with one attached hydrogen (secondary N) is 1. The van der Waals surface area contributed by atoms with E-state index in [9.17, 15) is 25.1 Å². The van der Waals surface area contributed by atoms with E-state index < -0.39 is 22.3 Å². The van der Waals surface area contributed by atoms with Crippen LogP contribution in [0.1, 0.15) is 10.4 Å². The molecule has 3 N–H and O–H groups in total. The zero-order valence-electron chi connectivity index (χ0n) is 12.3. The summed E-state index contributed by atoms with van der Waals surface area (Å²) in [6.07, 6.45) is 0. The van der Waals surface area contributed by atoms with Gasteiger partial charge in [0.25, 0.3) is 5.91 Å². The van der Waals surface area contributed by atoms with Crippen LogP contribution in [0.5, 0.6) is 11.6 Å². The number of H-pyrrole nitrogens is 1. The number of hydrogen-bond acceptors (Lipinski definition) is 6. The lowest BCUT2D eigenvalue weighted by molar-refractivity contribution is -0.385. The van der Waals surface area contributed by atoms with E-state index in [2.05, 4.69) is 31.1 Å². The molecule has 0 aliphatic rings. The Kier molecular flexibility index (Phi) is 4.19. The Labute approximate surface area is 147 Å². The summed E-state index contributed by atoms with van der Waals surface area (Å²) < 4.78 is 0.734. The van der Waals surface area contributed by atoms with Gasteiger partial charge in [-0.3, -0.25) is 14.9 Å². The van der Waals surface area contributed by atoms with Gasteiger partial charge in [-0.05, 0) is 24.3 Å². The Balaban J connectivity index is 1.99. The summed E-state index contributed by atoms with van der Waals surface area (Å²) in [6, 6.07) is 8.63. The van der Waals surface area contributed by atoms with Crippen LogP contribution in [-0.2, 0) is 0 Å². The molecule has 10 heteroatoms. The molecule has 0 aliphatic heterocycles. The number of aromatic hydroxyl groups is 2. The first-order chi connectivity index (χ1) is 11.9. The summed E-state index contributed by atoms with van der Waals surface area (Å²) in [5.74, 6) is -2.06. The molecule has 0 unspecified atom stereocenters. The minimum atomic E-state index is -0.982. The predicted octanol–water partition coefficient (Wildman–Crippen LogP) is 4.17. The minimum Gasteiger partial charge on any atom is -0.502 e. The van der Waals surface area contributed by atoms with Gasteiger partial charge in [0, 0.05) is 15.9 Å². The number of amides is 1. The number of azo groups is 1. The van der Waals surface area contributed by atoms with Crippen molar-refractivity contribution in [3.63, 3.8) is 0 Å². The van der Waals surface area contributed by atoms with Crippen molar-refractivity contribution in [2.45, 2.75) is 0 Å². The third-order valence-corrected chi connectivity index (χ3v) is 3.89. The van der Waals surface area contributed by atoms with Crippen molar-refractivity contribution in [2.24, 2.45) is 10.2 Å². The van der Waals surface area contributed by atoms with Crippen LogP contribution in [0.3, 0.4) is 0 Å². The Morgan fingerprint density at radius 2 is 2.00 bits per heavy atom. The van der Waals surface area contributed by atoms with E-state index in [1.54, 1.807) is 18.2 Å². The number of benzene rings is 2. The summed E-state index contributed by atoms with van der Waals surface area (Å²) in [5.41, 5.74) is -0.353. The highest BCUT2D eigenvalue weighted by atomic mass is 79.9. The maximum atomic E-state index is 12.1. The monoisotopic (exact) mass is 404 g/mol. The third-order valence-electron chi connectivity index (χ3n) is 3.40. The van der Waals surface area contributed by atoms with Crippen LogP contribution in [0.15, 0.2) is 51.1 Å². The number of nitro benzene ring substituents is 1. The Hall–Kier alpha value is -3.27. The molecular formula is C15H9BrN4O5. The number of carbonyl (C=O) groups excluding carboxylic acids is 1. The quantitative estimate of drug-likeness (QED) is 0.341. The van der Waals surface area contributed by atoms with Gasteiger partial charge in [0.2, 0.25) is 11.6 Å². The second kappa shape index (κ2) is 6.32. The van der Waals surface area contributed by atoms with Crippen molar-refractivity contribution in [1.29, 1.82) is 0 Å². The standard InChI is InChI=1S/C15H9BrN4O5/c16-7-4-5-10-9(6-7)12(15(23)17-10)18-19-14(22)8-2-1-3-11(13(8)21)20(24)25/h1-6,17,21,23H. The molecule has 1 aromatic heterocycles. The van der Waals surface area contributed by atoms with Gasteiger partial charge < -0.3 is 15.2 Å². The van der Waals surface area contributed by atoms with E-state index in [-0.39, 0.29) is 17.1 Å². The second-order valence-electron chi connectivity index (χ2n) is 4.95. The maximum Gasteiger partial charge on any atom is 0.311 e. The average Bonchev–Trinajstić information content (AvgIpc) is 2.87. The number of aromatic nitrogens is 1. The number of carbonyl (C=O) groups is 1. The van der Waals surface area contributed by atoms with E-state index in [1.165, 1.54) is 12.1 Å². The van der Waals surface area contributed by atoms with Gasteiger partial charge in [0.15, 0.2) is 5.69 Å². The number of phenolic OH excluding ortho intramolecular Hbond substituents is 1. The number of hydrogen-bond donors (Lipinski definition) is 3. The van der Waals surface area contributed by atoms with Crippen molar-refractivity contribution in [3.8, 4) is 11.6 Å². The van der Waals surface area contributed by atoms with Crippen molar-refractivity contribution in [3.05, 3.63) is 56.5 Å². The molecule has 0 atom stereocenters. The molecule has 126 valence electrons. The molecule has 3 aromatic rings. The molecule has 0 fully saturated rings. The van der Waals surface area contributed by atoms with Crippen molar-refractivity contribution in [2.75, 3.05) is 0 Å². The molecule has 0 spiro atoms. The molecular weight excluding hydrogens is 396 g/mol. The normalized spacial score (nSPS) is 11.2. The van der Waals surface area contributed by atoms with Crippen molar-refractivity contribution in [1.82, 2.24) is 4.98 Å². The van der Waals surface area contributed by atoms with Crippen LogP contribution in [0, 0.1) is 10.1 Å². The van der Waals surface area contributed by atoms with Gasteiger partial charge in [0.05, 0.1) is 16.0 Å². The van der Waals surface area contributed by atoms with Crippen LogP contribution >= 0.6 is 15.9 Å². The van der Waals surface area contributed by atoms with Gasteiger partial charge in [-0.2, -0.15) is 0 Å². The first-order valence-electron chi connectivity index (χ1n) is 6.81. The molecule has 9 nitrogen and oxygen atoms in total. The van der Waals surface area contributed by atoms with Crippen LogP contribution in [0.2, 0.25) is 0 Å². The number of nitro groups is 1. The highest BCUT2D eigenvalue weighted by molar-refractivity contribution is 9.10. The molecule has 2 aromatic carbocycles. The maximum absolute atomic E-state index is 12.1. The summed E-state index contributed by atoms with van der Waals surface area (Å²) >= 11 is 3.29. The Morgan fingerprint density at radius 1 is 1.24 bits per heavy atom. The first-order valence-corrected chi connectivity index (χ1v) is 7.60. The fourth-order valence-electron chi connectivity index (χ4n) is 2.24. The average molecular weight is 405 g/mol. The van der Waals surface area contributed by atoms with Crippen LogP contribution < -0.4 is 0 Å². The number of para-hydroxylation sites is 1. The van der Waals surface area contributed by atoms with E-state index in [0.717, 1.165) is 10.5 Å². The fourth-order valence-corrected chi connectivity index (χ4v) is 2.60. The summed E-state index contributed by atoms with van der Waals surface area (Å²) in [7, 11) is 0. The zero-order chi connectivity index (χ0) is 18.1. The van der Waals surface area contributed by atoms with E-state index in [1.807, 2.05) is 0 Å². The van der Waals surface area contributed by atoms with Gasteiger partial charge >= 0.3 is 5.69 Å². The predicted molar refractivity (Wildman–Crippen MR) is 91.3 cm³/mol. The fraction of sp³-hybridized carbons (Fsp3) is 0. The number of phenols is 1. The number of halogens is 1. The van der Waals surface area contributed by atoms with E-state index in [0.29, 0.717) is 10.9 Å². The number of rotatable bonds is 3. The highest BCUT2D eigenvalue weighted by Crippen LogP contribution is 2.37. The topological polar surface area (TPSA) is 141 Å². The number of aromatic amines is 1. The highest BCUT2D eigenvalue weighted by Gasteiger charge is 2.21. The van der Waals surface area contributed by atoms with Gasteiger partial charge in [-0.15, -0.1) is 10.2 Å². The van der Waals surface area contributed by atoms with Crippen LogP contribution in [-0.4, -0.2) is 26.0 Å². The van der Waals surface area contributed by atoms with Gasteiger partial charge in [0.1, 0.15) is 0 Å². The van der Waals surface area contributed by atoms with Crippen molar-refractivity contribution >= 4 is 44.1 Å². The van der Waals surface area contributed by atoms with Crippen LogP contribution in [0.25, 0.3) is 10.9 Å². The van der Waals surface area contributed by atoms with Gasteiger partial charge in [-0.25, -0.2) is 0 Å². The smallest absolute Gasteiger partial charge is 0.311 e.